The van der Waals surface area contributed by atoms with Crippen LogP contribution in [0.4, 0.5) is 0 Å². The molecule has 5 nitrogen and oxygen atoms in total. The summed E-state index contributed by atoms with van der Waals surface area (Å²) in [6.45, 7) is 5.62. The van der Waals surface area contributed by atoms with Crippen LogP contribution in [0, 0.1) is 13.8 Å². The van der Waals surface area contributed by atoms with E-state index in [1.807, 2.05) is 61.2 Å². The van der Waals surface area contributed by atoms with Gasteiger partial charge in [0.1, 0.15) is 11.6 Å². The normalized spacial score (nSPS) is 17.3. The molecule has 1 amide bonds. The number of aromatic amines is 1. The van der Waals surface area contributed by atoms with Crippen LogP contribution in [0.3, 0.4) is 0 Å². The maximum Gasteiger partial charge on any atom is 0.260 e. The number of aromatic nitrogens is 2. The Kier molecular flexibility index (Phi) is 4.84. The molecule has 5 heteroatoms. The van der Waals surface area contributed by atoms with Gasteiger partial charge in [-0.25, -0.2) is 4.98 Å². The lowest BCUT2D eigenvalue weighted by Crippen LogP contribution is -2.41. The van der Waals surface area contributed by atoms with E-state index in [9.17, 15) is 4.79 Å². The number of amides is 1. The first-order valence-corrected chi connectivity index (χ1v) is 9.53. The first-order chi connectivity index (χ1) is 13.1. The number of nitrogens with zero attached hydrogens (tertiary/aromatic N) is 2. The zero-order chi connectivity index (χ0) is 18.8. The fourth-order valence-electron chi connectivity index (χ4n) is 3.70. The zero-order valence-electron chi connectivity index (χ0n) is 15.9. The third-order valence-corrected chi connectivity index (χ3v) is 5.47. The molecule has 1 aliphatic rings. The summed E-state index contributed by atoms with van der Waals surface area (Å²) < 4.78 is 5.81. The van der Waals surface area contributed by atoms with Crippen molar-refractivity contribution in [2.45, 2.75) is 32.6 Å². The standard InChI is InChI=1S/C22H25N3O2/c1-15-7-5-11-20(16(15)2)27-14-21(26)25-12-6-8-17(13-25)22-23-18-9-3-4-10-19(18)24-22/h3-5,7,9-11,17H,6,8,12-14H2,1-2H3,(H,23,24)/t17-/m1/s1. The summed E-state index contributed by atoms with van der Waals surface area (Å²) in [6, 6.07) is 14.0. The van der Waals surface area contributed by atoms with Crippen molar-refractivity contribution in [3.63, 3.8) is 0 Å². The minimum Gasteiger partial charge on any atom is -0.483 e. The Morgan fingerprint density at radius 2 is 2.07 bits per heavy atom. The first-order valence-electron chi connectivity index (χ1n) is 9.53. The van der Waals surface area contributed by atoms with E-state index in [1.54, 1.807) is 0 Å². The number of hydrogen-bond donors (Lipinski definition) is 1. The van der Waals surface area contributed by atoms with E-state index in [2.05, 4.69) is 4.98 Å². The maximum absolute atomic E-state index is 12.7. The highest BCUT2D eigenvalue weighted by atomic mass is 16.5. The number of para-hydroxylation sites is 2. The molecule has 140 valence electrons. The Morgan fingerprint density at radius 1 is 1.22 bits per heavy atom. The van der Waals surface area contributed by atoms with Crippen LogP contribution in [0.2, 0.25) is 0 Å². The van der Waals surface area contributed by atoms with Gasteiger partial charge in [-0.3, -0.25) is 4.79 Å². The van der Waals surface area contributed by atoms with Gasteiger partial charge in [0.25, 0.3) is 5.91 Å². The third kappa shape index (κ3) is 3.68. The van der Waals surface area contributed by atoms with Gasteiger partial charge in [0.2, 0.25) is 0 Å². The lowest BCUT2D eigenvalue weighted by molar-refractivity contribution is -0.134. The maximum atomic E-state index is 12.7. The number of ether oxygens (including phenoxy) is 1. The highest BCUT2D eigenvalue weighted by molar-refractivity contribution is 5.78. The summed E-state index contributed by atoms with van der Waals surface area (Å²) in [5.41, 5.74) is 4.29. The minimum absolute atomic E-state index is 0.0386. The molecular weight excluding hydrogens is 338 g/mol. The number of imidazole rings is 1. The summed E-state index contributed by atoms with van der Waals surface area (Å²) >= 11 is 0. The molecule has 3 aromatic rings. The molecule has 0 unspecified atom stereocenters. The molecule has 1 fully saturated rings. The van der Waals surface area contributed by atoms with Crippen molar-refractivity contribution in [1.82, 2.24) is 14.9 Å². The lowest BCUT2D eigenvalue weighted by atomic mass is 9.97. The van der Waals surface area contributed by atoms with E-state index in [0.29, 0.717) is 6.54 Å². The summed E-state index contributed by atoms with van der Waals surface area (Å²) in [6.07, 6.45) is 2.03. The number of rotatable bonds is 4. The van der Waals surface area contributed by atoms with Gasteiger partial charge in [-0.15, -0.1) is 0 Å². The van der Waals surface area contributed by atoms with E-state index < -0.39 is 0 Å². The highest BCUT2D eigenvalue weighted by Gasteiger charge is 2.27. The zero-order valence-corrected chi connectivity index (χ0v) is 15.9. The van der Waals surface area contributed by atoms with Gasteiger partial charge in [-0.1, -0.05) is 24.3 Å². The number of aryl methyl sites for hydroxylation is 1. The summed E-state index contributed by atoms with van der Waals surface area (Å²) in [5, 5.41) is 0. The second-order valence-electron chi connectivity index (χ2n) is 7.30. The Balaban J connectivity index is 1.41. The quantitative estimate of drug-likeness (QED) is 0.763. The van der Waals surface area contributed by atoms with Crippen LogP contribution < -0.4 is 4.74 Å². The SMILES string of the molecule is Cc1cccc(OCC(=O)N2CCC[C@@H](c3nc4ccccc4[nH]3)C2)c1C. The van der Waals surface area contributed by atoms with Crippen molar-refractivity contribution in [1.29, 1.82) is 0 Å². The fraction of sp³-hybridized carbons (Fsp3) is 0.364. The van der Waals surface area contributed by atoms with Crippen molar-refractivity contribution in [3.8, 4) is 5.75 Å². The Labute approximate surface area is 159 Å². The Morgan fingerprint density at radius 3 is 2.93 bits per heavy atom. The van der Waals surface area contributed by atoms with Crippen LogP contribution in [0.1, 0.15) is 35.7 Å². The van der Waals surface area contributed by atoms with E-state index in [-0.39, 0.29) is 18.4 Å². The molecule has 1 saturated heterocycles. The molecule has 1 atom stereocenters. The number of H-pyrrole nitrogens is 1. The molecule has 1 aromatic heterocycles. The van der Waals surface area contributed by atoms with Gasteiger partial charge in [0.15, 0.2) is 6.61 Å². The molecule has 1 N–H and O–H groups in total. The van der Waals surface area contributed by atoms with Crippen LogP contribution in [-0.2, 0) is 4.79 Å². The second kappa shape index (κ2) is 7.43. The third-order valence-electron chi connectivity index (χ3n) is 5.47. The van der Waals surface area contributed by atoms with Crippen LogP contribution in [0.25, 0.3) is 11.0 Å². The van der Waals surface area contributed by atoms with Gasteiger partial charge < -0.3 is 14.6 Å². The van der Waals surface area contributed by atoms with E-state index in [0.717, 1.165) is 47.6 Å². The monoisotopic (exact) mass is 363 g/mol. The van der Waals surface area contributed by atoms with Gasteiger partial charge in [-0.05, 0) is 56.0 Å². The molecule has 0 radical (unpaired) electrons. The van der Waals surface area contributed by atoms with Gasteiger partial charge >= 0.3 is 0 Å². The number of piperidine rings is 1. The fourth-order valence-corrected chi connectivity index (χ4v) is 3.70. The predicted octanol–water partition coefficient (Wildman–Crippen LogP) is 3.96. The molecule has 0 aliphatic carbocycles. The molecule has 0 bridgehead atoms. The van der Waals surface area contributed by atoms with Crippen molar-refractivity contribution < 1.29 is 9.53 Å². The van der Waals surface area contributed by atoms with Crippen LogP contribution >= 0.6 is 0 Å². The summed E-state index contributed by atoms with van der Waals surface area (Å²) in [7, 11) is 0. The molecule has 1 aliphatic heterocycles. The van der Waals surface area contributed by atoms with E-state index in [1.165, 1.54) is 5.56 Å². The number of likely N-dealkylation sites (tertiary alicyclic amines) is 1. The number of carbonyl (C=O) groups is 1. The molecular formula is C22H25N3O2. The number of hydrogen-bond acceptors (Lipinski definition) is 3. The predicted molar refractivity (Wildman–Crippen MR) is 106 cm³/mol. The van der Waals surface area contributed by atoms with Crippen molar-refractivity contribution in [2.75, 3.05) is 19.7 Å². The van der Waals surface area contributed by atoms with Crippen LogP contribution in [-0.4, -0.2) is 40.5 Å². The largest absolute Gasteiger partial charge is 0.483 e. The topological polar surface area (TPSA) is 58.2 Å². The lowest BCUT2D eigenvalue weighted by Gasteiger charge is -2.31. The van der Waals surface area contributed by atoms with Crippen LogP contribution in [0.5, 0.6) is 5.75 Å². The van der Waals surface area contributed by atoms with E-state index in [4.69, 9.17) is 9.72 Å². The van der Waals surface area contributed by atoms with Gasteiger partial charge in [0, 0.05) is 19.0 Å². The Hall–Kier alpha value is -2.82. The van der Waals surface area contributed by atoms with Crippen molar-refractivity contribution in [3.05, 3.63) is 59.4 Å². The second-order valence-corrected chi connectivity index (χ2v) is 7.30. The molecule has 4 rings (SSSR count). The molecule has 0 spiro atoms. The molecule has 2 aromatic carbocycles. The minimum atomic E-state index is 0.0386. The average Bonchev–Trinajstić information content (AvgIpc) is 3.13. The smallest absolute Gasteiger partial charge is 0.260 e. The summed E-state index contributed by atoms with van der Waals surface area (Å²) in [5.74, 6) is 2.05. The van der Waals surface area contributed by atoms with E-state index >= 15 is 0 Å². The molecule has 0 saturated carbocycles. The average molecular weight is 363 g/mol. The number of nitrogens with one attached hydrogen (secondary N) is 1. The Bertz CT molecular complexity index is 930. The van der Waals surface area contributed by atoms with Crippen molar-refractivity contribution >= 4 is 16.9 Å². The number of carbonyl (C=O) groups excluding carboxylic acids is 1. The van der Waals surface area contributed by atoms with Gasteiger partial charge in [-0.2, -0.15) is 0 Å². The van der Waals surface area contributed by atoms with Gasteiger partial charge in [0.05, 0.1) is 11.0 Å². The summed E-state index contributed by atoms with van der Waals surface area (Å²) in [4.78, 5) is 22.7. The molecule has 27 heavy (non-hydrogen) atoms. The number of fused-ring (bicyclic) bond motifs is 1. The van der Waals surface area contributed by atoms with Crippen LogP contribution in [0.15, 0.2) is 42.5 Å². The highest BCUT2D eigenvalue weighted by Crippen LogP contribution is 2.27. The van der Waals surface area contributed by atoms with Crippen molar-refractivity contribution in [2.24, 2.45) is 0 Å². The number of benzene rings is 2. The molecule has 2 heterocycles. The first kappa shape index (κ1) is 17.6.